The fourth-order valence-corrected chi connectivity index (χ4v) is 11.5. The van der Waals surface area contributed by atoms with Crippen molar-refractivity contribution in [3.8, 4) is 0 Å². The van der Waals surface area contributed by atoms with Crippen LogP contribution in [-0.2, 0) is 37.7 Å². The van der Waals surface area contributed by atoms with Crippen LogP contribution in [0.25, 0.3) is 0 Å². The number of ether oxygens (including phenoxy) is 1. The summed E-state index contributed by atoms with van der Waals surface area (Å²) in [5.74, 6) is -0.816. The zero-order chi connectivity index (χ0) is 34.5. The second-order valence-corrected chi connectivity index (χ2v) is 18.8. The molecule has 5 atom stereocenters. The Morgan fingerprint density at radius 1 is 0.939 bits per heavy atom. The Kier molecular flexibility index (Phi) is 9.02. The van der Waals surface area contributed by atoms with Gasteiger partial charge in [0.1, 0.15) is 0 Å². The number of carbonyl (C=O) groups is 3. The number of hydrogen-bond donors (Lipinski definition) is 2. The molecule has 49 heavy (non-hydrogen) atoms. The van der Waals surface area contributed by atoms with Crippen molar-refractivity contribution in [1.29, 1.82) is 0 Å². The van der Waals surface area contributed by atoms with Gasteiger partial charge in [-0.1, -0.05) is 62.2 Å². The summed E-state index contributed by atoms with van der Waals surface area (Å²) < 4.78 is 7.04. The number of anilines is 3. The van der Waals surface area contributed by atoms with Gasteiger partial charge >= 0.3 is 0 Å². The van der Waals surface area contributed by atoms with Gasteiger partial charge in [-0.3, -0.25) is 19.3 Å². The standard InChI is InChI=1S/C39H47N3O6Si/c1-26-37(49(2,3)47)34(23-36(45)41-24-28-14-11-10-13-27(28)21-31(41)25-43)48-39(26)32-22-30(40-20-12-5-4-9-17-35(40)44)18-19-33(32)42(38(39)46)29-15-7-6-8-16-29/h6-8,10-11,13-16,18-19,22,26,31,34,37,43,47H,4-5,9,12,17,20-21,23-25H2,1-3H3/t26-,31-,34+,37-,39+/m0/s1. The minimum absolute atomic E-state index is 0.0231. The average molecular weight is 682 g/mol. The lowest BCUT2D eigenvalue weighted by Crippen LogP contribution is -2.48. The molecule has 4 aliphatic rings. The Hall–Kier alpha value is -3.83. The lowest BCUT2D eigenvalue weighted by atomic mass is 9.82. The van der Waals surface area contributed by atoms with E-state index in [4.69, 9.17) is 4.74 Å². The van der Waals surface area contributed by atoms with Gasteiger partial charge in [-0.25, -0.2) is 0 Å². The van der Waals surface area contributed by atoms with Gasteiger partial charge in [0.15, 0.2) is 13.9 Å². The van der Waals surface area contributed by atoms with Crippen molar-refractivity contribution in [2.75, 3.05) is 23.0 Å². The predicted molar refractivity (Wildman–Crippen MR) is 191 cm³/mol. The zero-order valence-corrected chi connectivity index (χ0v) is 29.7. The molecule has 2 saturated heterocycles. The van der Waals surface area contributed by atoms with E-state index in [1.807, 2.05) is 97.7 Å². The van der Waals surface area contributed by atoms with Crippen LogP contribution in [0.5, 0.6) is 0 Å². The highest BCUT2D eigenvalue weighted by Gasteiger charge is 2.67. The second-order valence-electron chi connectivity index (χ2n) is 14.8. The molecule has 0 aromatic heterocycles. The van der Waals surface area contributed by atoms with E-state index in [0.29, 0.717) is 42.9 Å². The summed E-state index contributed by atoms with van der Waals surface area (Å²) in [4.78, 5) is 59.7. The lowest BCUT2D eigenvalue weighted by molar-refractivity contribution is -0.150. The molecule has 0 saturated carbocycles. The number of aliphatic hydroxyl groups excluding tert-OH is 1. The molecule has 2 fully saturated rings. The van der Waals surface area contributed by atoms with Crippen molar-refractivity contribution in [3.63, 3.8) is 0 Å². The summed E-state index contributed by atoms with van der Waals surface area (Å²) >= 11 is 0. The average Bonchev–Trinajstić information content (AvgIpc) is 3.52. The fraction of sp³-hybridized carbons (Fsp3) is 0.462. The molecular weight excluding hydrogens is 635 g/mol. The number of aliphatic hydroxyl groups is 1. The maximum absolute atomic E-state index is 15.0. The highest BCUT2D eigenvalue weighted by Crippen LogP contribution is 2.61. The van der Waals surface area contributed by atoms with E-state index in [1.165, 1.54) is 0 Å². The topological polar surface area (TPSA) is 111 Å². The van der Waals surface area contributed by atoms with Crippen molar-refractivity contribution in [3.05, 3.63) is 89.5 Å². The maximum Gasteiger partial charge on any atom is 0.268 e. The fourth-order valence-electron chi connectivity index (χ4n) is 8.96. The smallest absolute Gasteiger partial charge is 0.268 e. The highest BCUT2D eigenvalue weighted by atomic mass is 28.4. The van der Waals surface area contributed by atoms with Gasteiger partial charge < -0.3 is 24.4 Å². The van der Waals surface area contributed by atoms with Crippen LogP contribution >= 0.6 is 0 Å². The number of amides is 3. The molecule has 1 spiro atoms. The first-order valence-corrected chi connectivity index (χ1v) is 20.8. The third-order valence-electron chi connectivity index (χ3n) is 11.3. The zero-order valence-electron chi connectivity index (χ0n) is 28.7. The van der Waals surface area contributed by atoms with Crippen LogP contribution in [0.1, 0.15) is 62.1 Å². The van der Waals surface area contributed by atoms with Crippen molar-refractivity contribution in [2.45, 2.75) is 94.8 Å². The van der Waals surface area contributed by atoms with Gasteiger partial charge in [-0.15, -0.1) is 0 Å². The molecule has 3 aromatic rings. The van der Waals surface area contributed by atoms with Crippen LogP contribution < -0.4 is 9.80 Å². The molecule has 0 radical (unpaired) electrons. The number of fused-ring (bicyclic) bond motifs is 3. The number of rotatable bonds is 6. The van der Waals surface area contributed by atoms with E-state index in [2.05, 4.69) is 0 Å². The molecule has 7 rings (SSSR count). The number of benzene rings is 3. The molecule has 4 aliphatic heterocycles. The SMILES string of the molecule is C[C@H]1[C@H]([Si](C)(C)O)[C@@H](CC(=O)N2Cc3ccccc3C[C@H]2CO)O[C@]12C(=O)N(c1ccccc1)c1ccc(N3CCCCCCC3=O)cc12. The molecule has 0 unspecified atom stereocenters. The molecular formula is C39H47N3O6Si. The number of nitrogens with zero attached hydrogens (tertiary/aromatic N) is 3. The van der Waals surface area contributed by atoms with E-state index in [-0.39, 0.29) is 36.8 Å². The van der Waals surface area contributed by atoms with Crippen molar-refractivity contribution in [2.24, 2.45) is 5.92 Å². The molecule has 2 N–H and O–H groups in total. The number of para-hydroxylation sites is 1. The normalized spacial score (nSPS) is 27.2. The van der Waals surface area contributed by atoms with E-state index in [1.54, 1.807) is 9.80 Å². The Balaban J connectivity index is 1.30. The predicted octanol–water partition coefficient (Wildman–Crippen LogP) is 5.80. The van der Waals surface area contributed by atoms with E-state index in [0.717, 1.165) is 42.5 Å². The summed E-state index contributed by atoms with van der Waals surface area (Å²) in [5.41, 5.74) is 3.04. The van der Waals surface area contributed by atoms with Gasteiger partial charge in [0.2, 0.25) is 11.8 Å². The summed E-state index contributed by atoms with van der Waals surface area (Å²) in [6.45, 7) is 6.51. The van der Waals surface area contributed by atoms with E-state index >= 15 is 4.79 Å². The van der Waals surface area contributed by atoms with E-state index < -0.39 is 31.5 Å². The van der Waals surface area contributed by atoms with Crippen LogP contribution in [0.4, 0.5) is 17.1 Å². The third-order valence-corrected chi connectivity index (χ3v) is 13.8. The van der Waals surface area contributed by atoms with Gasteiger partial charge in [0.25, 0.3) is 5.91 Å². The van der Waals surface area contributed by atoms with Gasteiger partial charge in [-0.05, 0) is 73.8 Å². The first kappa shape index (κ1) is 33.7. The summed E-state index contributed by atoms with van der Waals surface area (Å²) in [6.07, 6.45) is 4.16. The Labute approximate surface area is 289 Å². The summed E-state index contributed by atoms with van der Waals surface area (Å²) in [5, 5.41) is 10.3. The number of carbonyl (C=O) groups excluding carboxylic acids is 3. The third kappa shape index (κ3) is 5.82. The molecule has 3 aromatic carbocycles. The minimum atomic E-state index is -3.04. The largest absolute Gasteiger partial charge is 0.432 e. The summed E-state index contributed by atoms with van der Waals surface area (Å²) in [6, 6.07) is 22.9. The first-order chi connectivity index (χ1) is 23.5. The van der Waals surface area contributed by atoms with Crippen LogP contribution in [-0.4, -0.2) is 66.1 Å². The van der Waals surface area contributed by atoms with Crippen LogP contribution in [0.2, 0.25) is 18.6 Å². The lowest BCUT2D eigenvalue weighted by Gasteiger charge is -2.37. The van der Waals surface area contributed by atoms with E-state index in [9.17, 15) is 19.5 Å². The molecule has 0 aliphatic carbocycles. The summed E-state index contributed by atoms with van der Waals surface area (Å²) in [7, 11) is -3.04. The molecule has 9 nitrogen and oxygen atoms in total. The minimum Gasteiger partial charge on any atom is -0.432 e. The van der Waals surface area contributed by atoms with Crippen molar-refractivity contribution >= 4 is 43.1 Å². The second kappa shape index (κ2) is 13.1. The maximum atomic E-state index is 15.0. The monoisotopic (exact) mass is 681 g/mol. The van der Waals surface area contributed by atoms with Gasteiger partial charge in [0, 0.05) is 47.9 Å². The highest BCUT2D eigenvalue weighted by molar-refractivity contribution is 6.71. The first-order valence-electron chi connectivity index (χ1n) is 17.8. The Morgan fingerprint density at radius 3 is 2.39 bits per heavy atom. The van der Waals surface area contributed by atoms with Gasteiger partial charge in [-0.2, -0.15) is 0 Å². The van der Waals surface area contributed by atoms with Crippen molar-refractivity contribution in [1.82, 2.24) is 4.90 Å². The van der Waals surface area contributed by atoms with Gasteiger partial charge in [0.05, 0.1) is 30.9 Å². The van der Waals surface area contributed by atoms with Crippen LogP contribution in [0.15, 0.2) is 72.8 Å². The van der Waals surface area contributed by atoms with Crippen LogP contribution in [0.3, 0.4) is 0 Å². The molecule has 258 valence electrons. The molecule has 10 heteroatoms. The number of hydrogen-bond acceptors (Lipinski definition) is 6. The molecule has 0 bridgehead atoms. The Bertz CT molecular complexity index is 1740. The molecule has 4 heterocycles. The Morgan fingerprint density at radius 2 is 1.65 bits per heavy atom. The van der Waals surface area contributed by atoms with Crippen molar-refractivity contribution < 1.29 is 29.0 Å². The quantitative estimate of drug-likeness (QED) is 0.319. The molecule has 3 amide bonds. The van der Waals surface area contributed by atoms with Crippen LogP contribution in [0, 0.1) is 5.92 Å².